The minimum Gasteiger partial charge on any atom is -0.481 e. The van der Waals surface area contributed by atoms with Gasteiger partial charge in [-0.25, -0.2) is 0 Å². The molecule has 33 heavy (non-hydrogen) atoms. The average Bonchev–Trinajstić information content (AvgIpc) is 3.12. The fourth-order valence-electron chi connectivity index (χ4n) is 9.38. The van der Waals surface area contributed by atoms with E-state index in [1.54, 1.807) is 0 Å². The molecule has 12 unspecified atom stereocenters. The zero-order valence-electron chi connectivity index (χ0n) is 20.7. The summed E-state index contributed by atoms with van der Waals surface area (Å²) in [6.07, 6.45) is 7.33. The molecule has 6 heteroatoms. The average molecular weight is 467 g/mol. The molecule has 4 aliphatic carbocycles. The molecule has 6 nitrogen and oxygen atoms in total. The maximum Gasteiger partial charge on any atom is 0.308 e. The Morgan fingerprint density at radius 2 is 1.70 bits per heavy atom. The fraction of sp³-hybridized carbons (Fsp3) is 0.963. The van der Waals surface area contributed by atoms with Crippen molar-refractivity contribution in [1.82, 2.24) is 0 Å². The molecule has 0 amide bonds. The normalized spacial score (nSPS) is 48.9. The minimum atomic E-state index is -0.926. The van der Waals surface area contributed by atoms with Gasteiger partial charge in [-0.05, 0) is 97.7 Å². The molecule has 0 aliphatic heterocycles. The maximum absolute atomic E-state index is 11.6. The van der Waals surface area contributed by atoms with Crippen molar-refractivity contribution in [1.29, 1.82) is 0 Å². The SMILES string of the molecule is CC(CCCC(CO)C(=O)O)C1CCC2C3CC(O)C4CC(O)CCC4(C)C3CC(O)C12C. The number of fused-ring (bicyclic) bond motifs is 5. The van der Waals surface area contributed by atoms with Crippen molar-refractivity contribution in [3.63, 3.8) is 0 Å². The second kappa shape index (κ2) is 9.40. The number of hydrogen-bond donors (Lipinski definition) is 5. The lowest BCUT2D eigenvalue weighted by molar-refractivity contribution is -0.202. The Bertz CT molecular complexity index is 713. The number of carboxylic acids is 1. The summed E-state index contributed by atoms with van der Waals surface area (Å²) in [4.78, 5) is 11.2. The van der Waals surface area contributed by atoms with E-state index in [4.69, 9.17) is 0 Å². The van der Waals surface area contributed by atoms with Crippen LogP contribution in [0.25, 0.3) is 0 Å². The third-order valence-corrected chi connectivity index (χ3v) is 11.3. The number of carbonyl (C=O) groups is 1. The second-order valence-electron chi connectivity index (χ2n) is 12.6. The number of rotatable bonds is 7. The summed E-state index contributed by atoms with van der Waals surface area (Å²) < 4.78 is 0. The highest BCUT2D eigenvalue weighted by Gasteiger charge is 2.65. The van der Waals surface area contributed by atoms with Gasteiger partial charge in [-0.3, -0.25) is 4.79 Å². The maximum atomic E-state index is 11.6. The summed E-state index contributed by atoms with van der Waals surface area (Å²) in [7, 11) is 0. The number of aliphatic hydroxyl groups excluding tert-OH is 4. The summed E-state index contributed by atoms with van der Waals surface area (Å²) in [5, 5.41) is 51.6. The molecular weight excluding hydrogens is 420 g/mol. The quantitative estimate of drug-likeness (QED) is 0.392. The molecule has 0 bridgehead atoms. The molecule has 0 aromatic heterocycles. The van der Waals surface area contributed by atoms with Crippen LogP contribution < -0.4 is 0 Å². The molecule has 5 N–H and O–H groups in total. The van der Waals surface area contributed by atoms with Gasteiger partial charge in [0, 0.05) is 0 Å². The summed E-state index contributed by atoms with van der Waals surface area (Å²) in [6, 6.07) is 0. The number of aliphatic carboxylic acids is 1. The summed E-state index contributed by atoms with van der Waals surface area (Å²) in [6.45, 7) is 6.54. The third-order valence-electron chi connectivity index (χ3n) is 11.3. The molecular formula is C27H46O6. The van der Waals surface area contributed by atoms with Crippen molar-refractivity contribution in [3.05, 3.63) is 0 Å². The van der Waals surface area contributed by atoms with Gasteiger partial charge < -0.3 is 25.5 Å². The molecule has 4 fully saturated rings. The van der Waals surface area contributed by atoms with Gasteiger partial charge in [0.25, 0.3) is 0 Å². The topological polar surface area (TPSA) is 118 Å². The van der Waals surface area contributed by atoms with Crippen molar-refractivity contribution < 1.29 is 30.3 Å². The second-order valence-corrected chi connectivity index (χ2v) is 12.6. The fourth-order valence-corrected chi connectivity index (χ4v) is 9.38. The standard InChI is InChI=1S/C27H46O6/c1-15(5-4-6-16(14-28)25(32)33)19-7-8-20-18-12-23(30)22-11-17(29)9-10-26(22,2)21(18)13-24(31)27(19,20)3/h15-24,28-31H,4-14H2,1-3H3,(H,32,33). The van der Waals surface area contributed by atoms with Gasteiger partial charge in [-0.15, -0.1) is 0 Å². The van der Waals surface area contributed by atoms with Crippen LogP contribution in [0.2, 0.25) is 0 Å². The van der Waals surface area contributed by atoms with Crippen molar-refractivity contribution in [2.75, 3.05) is 6.61 Å². The first-order chi connectivity index (χ1) is 15.5. The first kappa shape index (κ1) is 25.4. The molecule has 0 saturated heterocycles. The van der Waals surface area contributed by atoms with E-state index >= 15 is 0 Å². The summed E-state index contributed by atoms with van der Waals surface area (Å²) in [5.41, 5.74) is -0.176. The molecule has 4 saturated carbocycles. The minimum absolute atomic E-state index is 0.0102. The van der Waals surface area contributed by atoms with E-state index in [9.17, 15) is 30.3 Å². The first-order valence-electron chi connectivity index (χ1n) is 13.4. The van der Waals surface area contributed by atoms with Crippen molar-refractivity contribution in [2.45, 2.75) is 103 Å². The van der Waals surface area contributed by atoms with Crippen LogP contribution in [0.1, 0.15) is 85.0 Å². The van der Waals surface area contributed by atoms with Gasteiger partial charge in [0.1, 0.15) is 0 Å². The molecule has 190 valence electrons. The van der Waals surface area contributed by atoms with E-state index in [1.165, 1.54) is 0 Å². The molecule has 0 heterocycles. The van der Waals surface area contributed by atoms with Gasteiger partial charge in [0.2, 0.25) is 0 Å². The predicted octanol–water partition coefficient (Wildman–Crippen LogP) is 3.45. The molecule has 0 aromatic rings. The van der Waals surface area contributed by atoms with Crippen LogP contribution in [0.5, 0.6) is 0 Å². The molecule has 0 aromatic carbocycles. The van der Waals surface area contributed by atoms with Crippen LogP contribution in [-0.4, -0.2) is 56.4 Å². The van der Waals surface area contributed by atoms with E-state index in [1.807, 2.05) is 0 Å². The van der Waals surface area contributed by atoms with E-state index < -0.39 is 11.9 Å². The lowest BCUT2D eigenvalue weighted by atomic mass is 9.43. The highest BCUT2D eigenvalue weighted by molar-refractivity contribution is 5.69. The monoisotopic (exact) mass is 466 g/mol. The number of aliphatic hydroxyl groups is 4. The Balaban J connectivity index is 1.48. The predicted molar refractivity (Wildman–Crippen MR) is 125 cm³/mol. The lowest BCUT2D eigenvalue weighted by Crippen LogP contribution is -2.61. The van der Waals surface area contributed by atoms with Crippen molar-refractivity contribution in [3.8, 4) is 0 Å². The largest absolute Gasteiger partial charge is 0.481 e. The Hall–Kier alpha value is -0.690. The van der Waals surface area contributed by atoms with Gasteiger partial charge in [0.15, 0.2) is 0 Å². The highest BCUT2D eigenvalue weighted by atomic mass is 16.4. The first-order valence-corrected chi connectivity index (χ1v) is 13.4. The summed E-state index contributed by atoms with van der Waals surface area (Å²) >= 11 is 0. The molecule has 4 aliphatic rings. The Morgan fingerprint density at radius 1 is 0.970 bits per heavy atom. The number of carboxylic acid groups (broad SMARTS) is 1. The van der Waals surface area contributed by atoms with Gasteiger partial charge in [-0.1, -0.05) is 33.6 Å². The van der Waals surface area contributed by atoms with E-state index in [0.717, 1.165) is 51.4 Å². The molecule has 4 rings (SSSR count). The van der Waals surface area contributed by atoms with Crippen LogP contribution in [0, 0.1) is 52.3 Å². The Labute approximate surface area is 198 Å². The smallest absolute Gasteiger partial charge is 0.308 e. The van der Waals surface area contributed by atoms with Crippen molar-refractivity contribution in [2.24, 2.45) is 52.3 Å². The van der Waals surface area contributed by atoms with Crippen LogP contribution in [0.3, 0.4) is 0 Å². The van der Waals surface area contributed by atoms with Crippen molar-refractivity contribution >= 4 is 5.97 Å². The van der Waals surface area contributed by atoms with Gasteiger partial charge in [0.05, 0.1) is 30.8 Å². The number of hydrogen-bond acceptors (Lipinski definition) is 5. The summed E-state index contributed by atoms with van der Waals surface area (Å²) in [5.74, 6) is 0.536. The Morgan fingerprint density at radius 3 is 2.36 bits per heavy atom. The molecule has 12 atom stereocenters. The highest BCUT2D eigenvalue weighted by Crippen LogP contribution is 2.68. The van der Waals surface area contributed by atoms with Gasteiger partial charge in [-0.2, -0.15) is 0 Å². The van der Waals surface area contributed by atoms with E-state index in [2.05, 4.69) is 20.8 Å². The zero-order valence-corrected chi connectivity index (χ0v) is 20.7. The van der Waals surface area contributed by atoms with E-state index in [0.29, 0.717) is 42.4 Å². The zero-order chi connectivity index (χ0) is 24.1. The van der Waals surface area contributed by atoms with E-state index in [-0.39, 0.29) is 41.7 Å². The van der Waals surface area contributed by atoms with Crippen LogP contribution >= 0.6 is 0 Å². The molecule has 0 radical (unpaired) electrons. The lowest BCUT2D eigenvalue weighted by Gasteiger charge is -2.63. The molecule has 0 spiro atoms. The Kier molecular flexibility index (Phi) is 7.24. The third kappa shape index (κ3) is 4.17. The van der Waals surface area contributed by atoms with Crippen LogP contribution in [0.15, 0.2) is 0 Å². The van der Waals surface area contributed by atoms with Crippen LogP contribution in [0.4, 0.5) is 0 Å². The van der Waals surface area contributed by atoms with Crippen LogP contribution in [-0.2, 0) is 4.79 Å². The van der Waals surface area contributed by atoms with Gasteiger partial charge >= 0.3 is 5.97 Å².